The van der Waals surface area contributed by atoms with Crippen molar-refractivity contribution in [3.63, 3.8) is 0 Å². The largest absolute Gasteiger partial charge is 0.472 e. The lowest BCUT2D eigenvalue weighted by Crippen LogP contribution is -1.92. The van der Waals surface area contributed by atoms with Crippen LogP contribution in [0.25, 0.3) is 22.6 Å². The second kappa shape index (κ2) is 4.63. The number of benzene rings is 1. The number of furan rings is 1. The summed E-state index contributed by atoms with van der Waals surface area (Å²) in [7, 11) is 0. The van der Waals surface area contributed by atoms with Gasteiger partial charge in [-0.05, 0) is 6.07 Å². The van der Waals surface area contributed by atoms with Crippen molar-refractivity contribution in [2.45, 2.75) is 0 Å². The van der Waals surface area contributed by atoms with Crippen molar-refractivity contribution in [3.8, 4) is 22.6 Å². The van der Waals surface area contributed by atoms with E-state index in [1.165, 1.54) is 0 Å². The molecule has 0 bridgehead atoms. The lowest BCUT2D eigenvalue weighted by atomic mass is 10.2. The number of hydrogen-bond acceptors (Lipinski definition) is 3. The first-order valence-electron chi connectivity index (χ1n) is 5.45. The summed E-state index contributed by atoms with van der Waals surface area (Å²) in [5, 5.41) is 0.417. The molecular formula is C14H9ClN2O. The van der Waals surface area contributed by atoms with E-state index in [1.54, 1.807) is 18.6 Å². The van der Waals surface area contributed by atoms with E-state index in [1.807, 2.05) is 36.4 Å². The minimum Gasteiger partial charge on any atom is -0.472 e. The maximum Gasteiger partial charge on any atom is 0.161 e. The first kappa shape index (κ1) is 11.0. The SMILES string of the molecule is Clc1cc(-c2ccoc2)nc(-c2ccccc2)n1. The van der Waals surface area contributed by atoms with Crippen LogP contribution in [-0.2, 0) is 0 Å². The van der Waals surface area contributed by atoms with Crippen LogP contribution in [0.1, 0.15) is 0 Å². The Morgan fingerprint density at radius 3 is 2.50 bits per heavy atom. The Labute approximate surface area is 109 Å². The minimum atomic E-state index is 0.417. The van der Waals surface area contributed by atoms with Crippen molar-refractivity contribution >= 4 is 11.6 Å². The van der Waals surface area contributed by atoms with E-state index in [0.29, 0.717) is 11.0 Å². The Bertz CT molecular complexity index is 651. The Balaban J connectivity index is 2.12. The maximum absolute atomic E-state index is 6.04. The molecule has 0 atom stereocenters. The van der Waals surface area contributed by atoms with Gasteiger partial charge in [-0.25, -0.2) is 9.97 Å². The number of nitrogens with zero attached hydrogens (tertiary/aromatic N) is 2. The monoisotopic (exact) mass is 256 g/mol. The zero-order valence-corrected chi connectivity index (χ0v) is 10.1. The fourth-order valence-electron chi connectivity index (χ4n) is 1.69. The Kier molecular flexibility index (Phi) is 2.82. The first-order chi connectivity index (χ1) is 8.83. The molecule has 0 saturated carbocycles. The third-order valence-electron chi connectivity index (χ3n) is 2.54. The normalized spacial score (nSPS) is 10.5. The summed E-state index contributed by atoms with van der Waals surface area (Å²) in [6.45, 7) is 0. The molecule has 0 aliphatic rings. The molecule has 0 unspecified atom stereocenters. The van der Waals surface area contributed by atoms with E-state index in [9.17, 15) is 0 Å². The lowest BCUT2D eigenvalue weighted by molar-refractivity contribution is 0.568. The minimum absolute atomic E-state index is 0.417. The summed E-state index contributed by atoms with van der Waals surface area (Å²) >= 11 is 6.04. The average Bonchev–Trinajstić information content (AvgIpc) is 2.93. The van der Waals surface area contributed by atoms with Crippen molar-refractivity contribution in [2.24, 2.45) is 0 Å². The maximum atomic E-state index is 6.04. The molecule has 0 amide bonds. The van der Waals surface area contributed by atoms with Gasteiger partial charge in [-0.2, -0.15) is 0 Å². The number of aromatic nitrogens is 2. The van der Waals surface area contributed by atoms with Crippen LogP contribution in [0.3, 0.4) is 0 Å². The van der Waals surface area contributed by atoms with E-state index in [-0.39, 0.29) is 0 Å². The van der Waals surface area contributed by atoms with Crippen molar-refractivity contribution in [1.82, 2.24) is 9.97 Å². The highest BCUT2D eigenvalue weighted by atomic mass is 35.5. The standard InChI is InChI=1S/C14H9ClN2O/c15-13-8-12(11-6-7-18-9-11)16-14(17-13)10-4-2-1-3-5-10/h1-9H. The molecule has 1 aromatic carbocycles. The van der Waals surface area contributed by atoms with Crippen LogP contribution in [0, 0.1) is 0 Å². The van der Waals surface area contributed by atoms with Crippen molar-refractivity contribution in [3.05, 3.63) is 60.1 Å². The molecule has 88 valence electrons. The van der Waals surface area contributed by atoms with E-state index in [0.717, 1.165) is 16.8 Å². The summed E-state index contributed by atoms with van der Waals surface area (Å²) < 4.78 is 5.05. The molecule has 3 nitrogen and oxygen atoms in total. The van der Waals surface area contributed by atoms with Gasteiger partial charge in [-0.1, -0.05) is 41.9 Å². The molecule has 0 N–H and O–H groups in total. The van der Waals surface area contributed by atoms with Crippen LogP contribution < -0.4 is 0 Å². The molecular weight excluding hydrogens is 248 g/mol. The molecule has 0 spiro atoms. The molecule has 0 aliphatic heterocycles. The van der Waals surface area contributed by atoms with Crippen LogP contribution in [0.5, 0.6) is 0 Å². The summed E-state index contributed by atoms with van der Waals surface area (Å²) in [6, 6.07) is 13.3. The summed E-state index contributed by atoms with van der Waals surface area (Å²) in [5.41, 5.74) is 2.57. The molecule has 2 heterocycles. The van der Waals surface area contributed by atoms with Gasteiger partial charge in [0.25, 0.3) is 0 Å². The van der Waals surface area contributed by atoms with Gasteiger partial charge in [0.05, 0.1) is 18.2 Å². The molecule has 0 fully saturated rings. The van der Waals surface area contributed by atoms with Crippen LogP contribution in [0.15, 0.2) is 59.4 Å². The molecule has 3 rings (SSSR count). The number of hydrogen-bond donors (Lipinski definition) is 0. The van der Waals surface area contributed by atoms with Crippen LogP contribution in [0.4, 0.5) is 0 Å². The third-order valence-corrected chi connectivity index (χ3v) is 2.74. The van der Waals surface area contributed by atoms with E-state index in [4.69, 9.17) is 16.0 Å². The molecule has 4 heteroatoms. The van der Waals surface area contributed by atoms with Crippen molar-refractivity contribution < 1.29 is 4.42 Å². The van der Waals surface area contributed by atoms with Gasteiger partial charge in [-0.3, -0.25) is 0 Å². The van der Waals surface area contributed by atoms with Gasteiger partial charge in [0, 0.05) is 17.2 Å². The van der Waals surface area contributed by atoms with Crippen LogP contribution in [-0.4, -0.2) is 9.97 Å². The van der Waals surface area contributed by atoms with Gasteiger partial charge in [-0.15, -0.1) is 0 Å². The number of rotatable bonds is 2. The fourth-order valence-corrected chi connectivity index (χ4v) is 1.88. The average molecular weight is 257 g/mol. The van der Waals surface area contributed by atoms with Gasteiger partial charge in [0.2, 0.25) is 0 Å². The van der Waals surface area contributed by atoms with Crippen molar-refractivity contribution in [1.29, 1.82) is 0 Å². The lowest BCUT2D eigenvalue weighted by Gasteiger charge is -2.03. The smallest absolute Gasteiger partial charge is 0.161 e. The molecule has 0 saturated heterocycles. The van der Waals surface area contributed by atoms with Gasteiger partial charge >= 0.3 is 0 Å². The highest BCUT2D eigenvalue weighted by Crippen LogP contribution is 2.24. The Morgan fingerprint density at radius 1 is 0.944 bits per heavy atom. The van der Waals surface area contributed by atoms with E-state index >= 15 is 0 Å². The zero-order valence-electron chi connectivity index (χ0n) is 9.38. The van der Waals surface area contributed by atoms with Gasteiger partial charge < -0.3 is 4.42 Å². The zero-order chi connectivity index (χ0) is 12.4. The second-order valence-corrected chi connectivity index (χ2v) is 4.16. The summed E-state index contributed by atoms with van der Waals surface area (Å²) in [5.74, 6) is 0.610. The van der Waals surface area contributed by atoms with Gasteiger partial charge in [0.15, 0.2) is 5.82 Å². The first-order valence-corrected chi connectivity index (χ1v) is 5.83. The van der Waals surface area contributed by atoms with E-state index in [2.05, 4.69) is 9.97 Å². The molecule has 18 heavy (non-hydrogen) atoms. The highest BCUT2D eigenvalue weighted by Gasteiger charge is 2.08. The molecule has 2 aromatic heterocycles. The highest BCUT2D eigenvalue weighted by molar-refractivity contribution is 6.29. The van der Waals surface area contributed by atoms with Gasteiger partial charge in [0.1, 0.15) is 5.15 Å². The number of halogens is 1. The summed E-state index contributed by atoms with van der Waals surface area (Å²) in [6.07, 6.45) is 3.24. The van der Waals surface area contributed by atoms with Crippen LogP contribution >= 0.6 is 11.6 Å². The predicted molar refractivity (Wildman–Crippen MR) is 70.2 cm³/mol. The van der Waals surface area contributed by atoms with Crippen molar-refractivity contribution in [2.75, 3.05) is 0 Å². The second-order valence-electron chi connectivity index (χ2n) is 3.78. The third kappa shape index (κ3) is 2.13. The molecule has 0 aliphatic carbocycles. The topological polar surface area (TPSA) is 38.9 Å². The fraction of sp³-hybridized carbons (Fsp3) is 0. The summed E-state index contributed by atoms with van der Waals surface area (Å²) in [4.78, 5) is 8.73. The molecule has 3 aromatic rings. The Morgan fingerprint density at radius 2 is 1.78 bits per heavy atom. The molecule has 0 radical (unpaired) electrons. The Hall–Kier alpha value is -2.13. The quantitative estimate of drug-likeness (QED) is 0.649. The van der Waals surface area contributed by atoms with Crippen LogP contribution in [0.2, 0.25) is 5.15 Å². The van der Waals surface area contributed by atoms with E-state index < -0.39 is 0 Å². The predicted octanol–water partition coefficient (Wildman–Crippen LogP) is 4.06.